The van der Waals surface area contributed by atoms with Crippen LogP contribution in [0.5, 0.6) is 0 Å². The summed E-state index contributed by atoms with van der Waals surface area (Å²) >= 11 is 0. The molecule has 82 valence electrons. The van der Waals surface area contributed by atoms with Crippen LogP contribution >= 0.6 is 0 Å². The second kappa shape index (κ2) is 3.56. The summed E-state index contributed by atoms with van der Waals surface area (Å²) in [6.45, 7) is 0.657. The maximum atomic E-state index is 12.7. The standard InChI is InChI=1S/C10H9F3O2/c1-9(8(14)15,10(11,12)13)7-5-3-2-4-6-7/h2-6H,1H3,(H,14,15)/t9-/m1/s1. The van der Waals surface area contributed by atoms with Gasteiger partial charge in [0.15, 0.2) is 5.41 Å². The Kier molecular flexibility index (Phi) is 2.75. The Balaban J connectivity index is 3.32. The highest BCUT2D eigenvalue weighted by molar-refractivity contribution is 5.82. The van der Waals surface area contributed by atoms with Crippen LogP contribution in [-0.4, -0.2) is 17.3 Å². The molecule has 0 spiro atoms. The number of benzene rings is 1. The molecule has 0 unspecified atom stereocenters. The predicted octanol–water partition coefficient (Wildman–Crippen LogP) is 2.59. The third-order valence-electron chi connectivity index (χ3n) is 2.35. The van der Waals surface area contributed by atoms with Crippen LogP contribution in [0, 0.1) is 0 Å². The fourth-order valence-corrected chi connectivity index (χ4v) is 1.18. The fraction of sp³-hybridized carbons (Fsp3) is 0.300. The largest absolute Gasteiger partial charge is 0.480 e. The summed E-state index contributed by atoms with van der Waals surface area (Å²) in [7, 11) is 0. The van der Waals surface area contributed by atoms with Crippen LogP contribution in [0.4, 0.5) is 13.2 Å². The van der Waals surface area contributed by atoms with E-state index in [0.29, 0.717) is 6.92 Å². The first kappa shape index (κ1) is 11.6. The number of hydrogen-bond acceptors (Lipinski definition) is 1. The van der Waals surface area contributed by atoms with Crippen molar-refractivity contribution < 1.29 is 23.1 Å². The molecule has 0 amide bonds. The lowest BCUT2D eigenvalue weighted by molar-refractivity contribution is -0.201. The van der Waals surface area contributed by atoms with E-state index in [9.17, 15) is 18.0 Å². The van der Waals surface area contributed by atoms with Crippen molar-refractivity contribution >= 4 is 5.97 Å². The average molecular weight is 218 g/mol. The number of hydrogen-bond donors (Lipinski definition) is 1. The van der Waals surface area contributed by atoms with Gasteiger partial charge >= 0.3 is 12.1 Å². The number of halogens is 3. The van der Waals surface area contributed by atoms with Gasteiger partial charge in [0.2, 0.25) is 0 Å². The molecular formula is C10H9F3O2. The van der Waals surface area contributed by atoms with Crippen molar-refractivity contribution in [2.45, 2.75) is 18.5 Å². The van der Waals surface area contributed by atoms with Gasteiger partial charge in [-0.25, -0.2) is 0 Å². The molecular weight excluding hydrogens is 209 g/mol. The molecule has 1 rings (SSSR count). The molecule has 2 nitrogen and oxygen atoms in total. The Morgan fingerprint density at radius 3 is 2.00 bits per heavy atom. The summed E-state index contributed by atoms with van der Waals surface area (Å²) in [6.07, 6.45) is -4.82. The van der Waals surface area contributed by atoms with Crippen molar-refractivity contribution in [3.05, 3.63) is 35.9 Å². The van der Waals surface area contributed by atoms with Crippen LogP contribution in [0.1, 0.15) is 12.5 Å². The van der Waals surface area contributed by atoms with Crippen molar-refractivity contribution in [1.82, 2.24) is 0 Å². The van der Waals surface area contributed by atoms with Crippen LogP contribution in [0.15, 0.2) is 30.3 Å². The normalized spacial score (nSPS) is 15.7. The molecule has 0 aromatic heterocycles. The number of aliphatic carboxylic acids is 1. The van der Waals surface area contributed by atoms with Gasteiger partial charge in [-0.15, -0.1) is 0 Å². The molecule has 0 radical (unpaired) electrons. The minimum Gasteiger partial charge on any atom is -0.480 e. The van der Waals surface area contributed by atoms with Crippen molar-refractivity contribution in [2.24, 2.45) is 0 Å². The van der Waals surface area contributed by atoms with Crippen molar-refractivity contribution in [3.8, 4) is 0 Å². The van der Waals surface area contributed by atoms with Gasteiger partial charge in [0.1, 0.15) is 0 Å². The van der Waals surface area contributed by atoms with Gasteiger partial charge in [-0.3, -0.25) is 4.79 Å². The third kappa shape index (κ3) is 1.82. The number of alkyl halides is 3. The molecule has 1 aromatic carbocycles. The van der Waals surface area contributed by atoms with E-state index >= 15 is 0 Å². The summed E-state index contributed by atoms with van der Waals surface area (Å²) in [5, 5.41) is 8.70. The molecule has 15 heavy (non-hydrogen) atoms. The Hall–Kier alpha value is -1.52. The molecule has 0 bridgehead atoms. The van der Waals surface area contributed by atoms with Gasteiger partial charge in [-0.2, -0.15) is 13.2 Å². The Morgan fingerprint density at radius 1 is 1.20 bits per heavy atom. The Morgan fingerprint density at radius 2 is 1.67 bits per heavy atom. The van der Waals surface area contributed by atoms with Gasteiger partial charge in [0, 0.05) is 0 Å². The van der Waals surface area contributed by atoms with E-state index in [1.807, 2.05) is 0 Å². The molecule has 1 N–H and O–H groups in total. The van der Waals surface area contributed by atoms with E-state index in [1.54, 1.807) is 0 Å². The first-order chi connectivity index (χ1) is 6.80. The molecule has 1 atom stereocenters. The summed E-state index contributed by atoms with van der Waals surface area (Å²) in [6, 6.07) is 6.59. The van der Waals surface area contributed by atoms with Crippen LogP contribution in [0.25, 0.3) is 0 Å². The smallest absolute Gasteiger partial charge is 0.408 e. The first-order valence-electron chi connectivity index (χ1n) is 4.16. The van der Waals surface area contributed by atoms with Gasteiger partial charge in [-0.05, 0) is 12.5 Å². The number of carboxylic acid groups (broad SMARTS) is 1. The van der Waals surface area contributed by atoms with Crippen LogP contribution in [-0.2, 0) is 10.2 Å². The van der Waals surface area contributed by atoms with E-state index in [0.717, 1.165) is 12.1 Å². The highest BCUT2D eigenvalue weighted by atomic mass is 19.4. The second-order valence-electron chi connectivity index (χ2n) is 3.29. The van der Waals surface area contributed by atoms with Crippen LogP contribution in [0.3, 0.4) is 0 Å². The Bertz CT molecular complexity index is 359. The predicted molar refractivity (Wildman–Crippen MR) is 47.5 cm³/mol. The lowest BCUT2D eigenvalue weighted by atomic mass is 9.82. The molecule has 5 heteroatoms. The van der Waals surface area contributed by atoms with E-state index in [2.05, 4.69) is 0 Å². The lowest BCUT2D eigenvalue weighted by Crippen LogP contribution is -2.46. The average Bonchev–Trinajstić information content (AvgIpc) is 2.16. The molecule has 0 saturated carbocycles. The van der Waals surface area contributed by atoms with E-state index in [-0.39, 0.29) is 5.56 Å². The highest BCUT2D eigenvalue weighted by Gasteiger charge is 2.58. The zero-order valence-corrected chi connectivity index (χ0v) is 7.88. The molecule has 0 aliphatic carbocycles. The van der Waals surface area contributed by atoms with Gasteiger partial charge in [0.25, 0.3) is 0 Å². The Labute approximate surface area is 84.3 Å². The van der Waals surface area contributed by atoms with Crippen LogP contribution < -0.4 is 0 Å². The quantitative estimate of drug-likeness (QED) is 0.828. The summed E-state index contributed by atoms with van der Waals surface area (Å²) < 4.78 is 38.0. The van der Waals surface area contributed by atoms with E-state index in [4.69, 9.17) is 5.11 Å². The number of carboxylic acids is 1. The highest BCUT2D eigenvalue weighted by Crippen LogP contribution is 2.40. The monoisotopic (exact) mass is 218 g/mol. The summed E-state index contributed by atoms with van der Waals surface area (Å²) in [4.78, 5) is 10.7. The van der Waals surface area contributed by atoms with Crippen LogP contribution in [0.2, 0.25) is 0 Å². The zero-order chi connectivity index (χ0) is 11.7. The first-order valence-corrected chi connectivity index (χ1v) is 4.16. The van der Waals surface area contributed by atoms with Crippen molar-refractivity contribution in [1.29, 1.82) is 0 Å². The third-order valence-corrected chi connectivity index (χ3v) is 2.35. The minimum absolute atomic E-state index is 0.273. The molecule has 0 aliphatic rings. The number of rotatable bonds is 2. The lowest BCUT2D eigenvalue weighted by Gasteiger charge is -2.27. The SMILES string of the molecule is C[C@](C(=O)O)(c1ccccc1)C(F)(F)F. The zero-order valence-electron chi connectivity index (χ0n) is 7.88. The second-order valence-corrected chi connectivity index (χ2v) is 3.29. The molecule has 0 fully saturated rings. The van der Waals surface area contributed by atoms with Gasteiger partial charge in [0.05, 0.1) is 0 Å². The van der Waals surface area contributed by atoms with Crippen molar-refractivity contribution in [2.75, 3.05) is 0 Å². The maximum absolute atomic E-state index is 12.7. The molecule has 1 aromatic rings. The molecule has 0 heterocycles. The summed E-state index contributed by atoms with van der Waals surface area (Å²) in [5.41, 5.74) is -3.13. The van der Waals surface area contributed by atoms with Gasteiger partial charge < -0.3 is 5.11 Å². The van der Waals surface area contributed by atoms with Gasteiger partial charge in [-0.1, -0.05) is 30.3 Å². The fourth-order valence-electron chi connectivity index (χ4n) is 1.18. The maximum Gasteiger partial charge on any atom is 0.408 e. The van der Waals surface area contributed by atoms with E-state index < -0.39 is 17.6 Å². The molecule has 0 aliphatic heterocycles. The number of carbonyl (C=O) groups is 1. The van der Waals surface area contributed by atoms with Crippen molar-refractivity contribution in [3.63, 3.8) is 0 Å². The van der Waals surface area contributed by atoms with E-state index in [1.165, 1.54) is 18.2 Å². The topological polar surface area (TPSA) is 37.3 Å². The summed E-state index contributed by atoms with van der Waals surface area (Å²) in [5.74, 6) is -1.90. The minimum atomic E-state index is -4.82. The molecule has 0 saturated heterocycles.